The molecule has 1 saturated heterocycles. The van der Waals surface area contributed by atoms with Gasteiger partial charge in [-0.2, -0.15) is 0 Å². The molecule has 0 aromatic heterocycles. The smallest absolute Gasteiger partial charge is 0.312 e. The van der Waals surface area contributed by atoms with E-state index in [1.165, 1.54) is 6.07 Å². The number of benzene rings is 1. The Hall–Kier alpha value is -1.37. The third-order valence-electron chi connectivity index (χ3n) is 2.46. The van der Waals surface area contributed by atoms with Crippen molar-refractivity contribution in [2.24, 2.45) is 0 Å². The normalized spacial score (nSPS) is 16.8. The summed E-state index contributed by atoms with van der Waals surface area (Å²) in [6.07, 6.45) is 0. The van der Waals surface area contributed by atoms with E-state index in [4.69, 9.17) is 16.3 Å². The van der Waals surface area contributed by atoms with Gasteiger partial charge in [-0.3, -0.25) is 10.1 Å². The maximum absolute atomic E-state index is 10.9. The van der Waals surface area contributed by atoms with Crippen molar-refractivity contribution < 1.29 is 9.66 Å². The van der Waals surface area contributed by atoms with Crippen LogP contribution >= 0.6 is 11.6 Å². The average molecular weight is 258 g/mol. The zero-order valence-corrected chi connectivity index (χ0v) is 9.81. The van der Waals surface area contributed by atoms with Crippen LogP contribution in [-0.4, -0.2) is 36.2 Å². The van der Waals surface area contributed by atoms with Crippen LogP contribution in [-0.2, 0) is 4.74 Å². The van der Waals surface area contributed by atoms with E-state index in [2.05, 4.69) is 5.43 Å². The van der Waals surface area contributed by atoms with Crippen LogP contribution in [0.2, 0.25) is 5.02 Å². The second-order valence-electron chi connectivity index (χ2n) is 3.60. The molecule has 7 heteroatoms. The summed E-state index contributed by atoms with van der Waals surface area (Å²) in [5, 5.41) is 12.9. The van der Waals surface area contributed by atoms with Crippen molar-refractivity contribution in [1.82, 2.24) is 5.01 Å². The number of nitro groups is 1. The van der Waals surface area contributed by atoms with Crippen molar-refractivity contribution in [2.75, 3.05) is 31.7 Å². The Morgan fingerprint density at radius 3 is 2.76 bits per heavy atom. The number of ether oxygens (including phenoxy) is 1. The zero-order chi connectivity index (χ0) is 12.3. The molecule has 1 aliphatic rings. The second-order valence-corrected chi connectivity index (χ2v) is 4.01. The lowest BCUT2D eigenvalue weighted by Gasteiger charge is -2.27. The first kappa shape index (κ1) is 12.1. The molecule has 1 aliphatic heterocycles. The Morgan fingerprint density at radius 1 is 1.41 bits per heavy atom. The molecule has 0 spiro atoms. The highest BCUT2D eigenvalue weighted by molar-refractivity contribution is 6.33. The summed E-state index contributed by atoms with van der Waals surface area (Å²) < 4.78 is 5.20. The van der Waals surface area contributed by atoms with E-state index in [9.17, 15) is 10.1 Å². The molecular weight excluding hydrogens is 246 g/mol. The highest BCUT2D eigenvalue weighted by atomic mass is 35.5. The fourth-order valence-corrected chi connectivity index (χ4v) is 1.88. The molecule has 1 fully saturated rings. The molecule has 6 nitrogen and oxygen atoms in total. The predicted molar refractivity (Wildman–Crippen MR) is 64.1 cm³/mol. The molecule has 92 valence electrons. The number of rotatable bonds is 3. The van der Waals surface area contributed by atoms with Gasteiger partial charge in [0.1, 0.15) is 10.7 Å². The third-order valence-corrected chi connectivity index (χ3v) is 2.76. The number of morpholine rings is 1. The van der Waals surface area contributed by atoms with Gasteiger partial charge >= 0.3 is 5.69 Å². The van der Waals surface area contributed by atoms with Crippen LogP contribution in [0.3, 0.4) is 0 Å². The molecule has 0 radical (unpaired) electrons. The number of hydrogen-bond donors (Lipinski definition) is 1. The summed E-state index contributed by atoms with van der Waals surface area (Å²) in [7, 11) is 0. The molecule has 0 atom stereocenters. The fourth-order valence-electron chi connectivity index (χ4n) is 1.64. The molecular formula is C10H12ClN3O3. The molecule has 0 aliphatic carbocycles. The molecule has 0 bridgehead atoms. The predicted octanol–water partition coefficient (Wildman–Crippen LogP) is 1.91. The van der Waals surface area contributed by atoms with Gasteiger partial charge in [0.25, 0.3) is 0 Å². The number of anilines is 1. The Labute approximate surface area is 103 Å². The Balaban J connectivity index is 2.19. The number of nitrogens with zero attached hydrogens (tertiary/aromatic N) is 2. The molecule has 17 heavy (non-hydrogen) atoms. The summed E-state index contributed by atoms with van der Waals surface area (Å²) >= 11 is 5.82. The Morgan fingerprint density at radius 2 is 2.12 bits per heavy atom. The monoisotopic (exact) mass is 257 g/mol. The first-order valence-electron chi connectivity index (χ1n) is 5.21. The van der Waals surface area contributed by atoms with Gasteiger partial charge in [0, 0.05) is 13.1 Å². The van der Waals surface area contributed by atoms with Gasteiger partial charge in [-0.05, 0) is 12.1 Å². The first-order chi connectivity index (χ1) is 8.18. The minimum atomic E-state index is -0.481. The maximum atomic E-state index is 10.9. The largest absolute Gasteiger partial charge is 0.379 e. The van der Waals surface area contributed by atoms with Gasteiger partial charge < -0.3 is 10.2 Å². The van der Waals surface area contributed by atoms with Crippen LogP contribution in [0.15, 0.2) is 18.2 Å². The molecule has 0 unspecified atom stereocenters. The van der Waals surface area contributed by atoms with Crippen LogP contribution in [0.4, 0.5) is 11.4 Å². The lowest BCUT2D eigenvalue weighted by atomic mass is 10.3. The minimum Gasteiger partial charge on any atom is -0.379 e. The van der Waals surface area contributed by atoms with Crippen molar-refractivity contribution in [1.29, 1.82) is 0 Å². The van der Waals surface area contributed by atoms with Gasteiger partial charge in [0.15, 0.2) is 0 Å². The quantitative estimate of drug-likeness (QED) is 0.662. The number of nitro benzene ring substituents is 1. The number of nitrogens with one attached hydrogen (secondary N) is 1. The molecule has 1 N–H and O–H groups in total. The van der Waals surface area contributed by atoms with Crippen LogP contribution in [0.5, 0.6) is 0 Å². The number of para-hydroxylation sites is 1. The molecule has 0 amide bonds. The van der Waals surface area contributed by atoms with Crippen LogP contribution < -0.4 is 5.43 Å². The summed E-state index contributed by atoms with van der Waals surface area (Å²) in [6, 6.07) is 4.82. The van der Waals surface area contributed by atoms with E-state index in [0.717, 1.165) is 0 Å². The lowest BCUT2D eigenvalue weighted by Crippen LogP contribution is -2.40. The van der Waals surface area contributed by atoms with Crippen molar-refractivity contribution in [2.45, 2.75) is 0 Å². The van der Waals surface area contributed by atoms with E-state index in [1.807, 2.05) is 5.01 Å². The van der Waals surface area contributed by atoms with Gasteiger partial charge in [-0.15, -0.1) is 0 Å². The van der Waals surface area contributed by atoms with Crippen molar-refractivity contribution >= 4 is 23.0 Å². The number of hydrazine groups is 1. The van der Waals surface area contributed by atoms with E-state index in [0.29, 0.717) is 32.0 Å². The van der Waals surface area contributed by atoms with Gasteiger partial charge in [-0.1, -0.05) is 17.7 Å². The third kappa shape index (κ3) is 2.85. The molecule has 1 aromatic carbocycles. The van der Waals surface area contributed by atoms with E-state index < -0.39 is 4.92 Å². The topological polar surface area (TPSA) is 67.6 Å². The number of hydrogen-bond acceptors (Lipinski definition) is 5. The van der Waals surface area contributed by atoms with Gasteiger partial charge in [-0.25, -0.2) is 5.01 Å². The van der Waals surface area contributed by atoms with Gasteiger partial charge in [0.2, 0.25) is 0 Å². The SMILES string of the molecule is O=[N+]([O-])c1c(Cl)cccc1NN1CCOCC1. The van der Waals surface area contributed by atoms with Crippen molar-refractivity contribution in [3.63, 3.8) is 0 Å². The average Bonchev–Trinajstić information content (AvgIpc) is 2.30. The van der Waals surface area contributed by atoms with E-state index in [1.54, 1.807) is 12.1 Å². The van der Waals surface area contributed by atoms with Crippen molar-refractivity contribution in [3.8, 4) is 0 Å². The van der Waals surface area contributed by atoms with Crippen LogP contribution in [0, 0.1) is 10.1 Å². The molecule has 0 saturated carbocycles. The summed E-state index contributed by atoms with van der Waals surface area (Å²) in [5.41, 5.74) is 3.31. The Kier molecular flexibility index (Phi) is 3.78. The van der Waals surface area contributed by atoms with Crippen molar-refractivity contribution in [3.05, 3.63) is 33.3 Å². The molecule has 2 rings (SSSR count). The van der Waals surface area contributed by atoms with E-state index in [-0.39, 0.29) is 10.7 Å². The van der Waals surface area contributed by atoms with E-state index >= 15 is 0 Å². The molecule has 1 aromatic rings. The maximum Gasteiger partial charge on any atom is 0.312 e. The fraction of sp³-hybridized carbons (Fsp3) is 0.400. The summed E-state index contributed by atoms with van der Waals surface area (Å²) in [4.78, 5) is 10.4. The Bertz CT molecular complexity index is 421. The number of halogens is 1. The highest BCUT2D eigenvalue weighted by Crippen LogP contribution is 2.32. The zero-order valence-electron chi connectivity index (χ0n) is 9.06. The van der Waals surface area contributed by atoms with Crippen LogP contribution in [0.25, 0.3) is 0 Å². The van der Waals surface area contributed by atoms with Crippen LogP contribution in [0.1, 0.15) is 0 Å². The summed E-state index contributed by atoms with van der Waals surface area (Å²) in [6.45, 7) is 2.59. The minimum absolute atomic E-state index is 0.0966. The lowest BCUT2D eigenvalue weighted by molar-refractivity contribution is -0.383. The highest BCUT2D eigenvalue weighted by Gasteiger charge is 2.20. The summed E-state index contributed by atoms with van der Waals surface area (Å²) in [5.74, 6) is 0. The molecule has 1 heterocycles. The first-order valence-corrected chi connectivity index (χ1v) is 5.58. The second kappa shape index (κ2) is 5.31. The van der Waals surface area contributed by atoms with Gasteiger partial charge in [0.05, 0.1) is 18.1 Å². The standard InChI is InChI=1S/C10H12ClN3O3/c11-8-2-1-3-9(10(8)14(15)16)12-13-4-6-17-7-5-13/h1-3,12H,4-7H2.